The first-order valence-corrected chi connectivity index (χ1v) is 7.63. The van der Waals surface area contributed by atoms with Crippen molar-refractivity contribution in [1.82, 2.24) is 0 Å². The number of unbranched alkanes of at least 4 members (excludes halogenated alkanes) is 1. The molecule has 112 valence electrons. The molecule has 1 rings (SSSR count). The summed E-state index contributed by atoms with van der Waals surface area (Å²) < 4.78 is 5.20. The van der Waals surface area contributed by atoms with E-state index in [0.29, 0.717) is 25.2 Å². The standard InChI is InChI=1S/C17H26O3/c1-3-5-7-9-15-14(10-11-16(15)18)13-17(19)20-12-8-6-4-2/h4-5,7,14-15H,2-3,6,8-13H2,1H3/b7-5-/t14-,15-/m1/s1. The van der Waals surface area contributed by atoms with Gasteiger partial charge in [0.15, 0.2) is 0 Å². The van der Waals surface area contributed by atoms with Crippen molar-refractivity contribution in [3.05, 3.63) is 24.8 Å². The van der Waals surface area contributed by atoms with Crippen LogP contribution in [0.2, 0.25) is 0 Å². The minimum atomic E-state index is -0.168. The van der Waals surface area contributed by atoms with Crippen LogP contribution in [0, 0.1) is 11.8 Å². The molecule has 1 saturated carbocycles. The van der Waals surface area contributed by atoms with Crippen molar-refractivity contribution in [2.75, 3.05) is 6.61 Å². The summed E-state index contributed by atoms with van der Waals surface area (Å²) in [6, 6.07) is 0. The summed E-state index contributed by atoms with van der Waals surface area (Å²) in [6.07, 6.45) is 11.2. The Balaban J connectivity index is 2.36. The van der Waals surface area contributed by atoms with Gasteiger partial charge in [-0.25, -0.2) is 0 Å². The Bertz CT molecular complexity index is 357. The van der Waals surface area contributed by atoms with E-state index in [0.717, 1.165) is 32.1 Å². The molecule has 0 bridgehead atoms. The molecule has 1 aliphatic carbocycles. The van der Waals surface area contributed by atoms with Crippen LogP contribution in [-0.4, -0.2) is 18.4 Å². The zero-order valence-electron chi connectivity index (χ0n) is 12.5. The lowest BCUT2D eigenvalue weighted by Gasteiger charge is -2.16. The number of ether oxygens (including phenoxy) is 1. The van der Waals surface area contributed by atoms with Crippen LogP contribution in [0.15, 0.2) is 24.8 Å². The molecule has 0 aromatic heterocycles. The first-order valence-electron chi connectivity index (χ1n) is 7.63. The van der Waals surface area contributed by atoms with Crippen molar-refractivity contribution in [1.29, 1.82) is 0 Å². The van der Waals surface area contributed by atoms with Gasteiger partial charge in [0, 0.05) is 18.8 Å². The molecule has 0 radical (unpaired) electrons. The predicted molar refractivity (Wildman–Crippen MR) is 80.3 cm³/mol. The zero-order chi connectivity index (χ0) is 14.8. The summed E-state index contributed by atoms with van der Waals surface area (Å²) in [4.78, 5) is 23.6. The number of allylic oxidation sites excluding steroid dienone is 3. The Morgan fingerprint density at radius 2 is 2.25 bits per heavy atom. The van der Waals surface area contributed by atoms with E-state index in [1.165, 1.54) is 0 Å². The third-order valence-corrected chi connectivity index (χ3v) is 3.78. The molecule has 1 fully saturated rings. The maximum absolute atomic E-state index is 11.9. The second-order valence-electron chi connectivity index (χ2n) is 5.34. The van der Waals surface area contributed by atoms with Gasteiger partial charge in [0.05, 0.1) is 6.61 Å². The Morgan fingerprint density at radius 3 is 2.95 bits per heavy atom. The Hall–Kier alpha value is -1.38. The number of rotatable bonds is 9. The molecule has 0 spiro atoms. The fraction of sp³-hybridized carbons (Fsp3) is 0.647. The number of carbonyl (C=O) groups is 2. The molecular formula is C17H26O3. The number of esters is 1. The van der Waals surface area contributed by atoms with Crippen molar-refractivity contribution in [2.24, 2.45) is 11.8 Å². The Labute approximate surface area is 122 Å². The van der Waals surface area contributed by atoms with Gasteiger partial charge in [-0.2, -0.15) is 0 Å². The third kappa shape index (κ3) is 5.72. The van der Waals surface area contributed by atoms with Crippen molar-refractivity contribution in [3.63, 3.8) is 0 Å². The largest absolute Gasteiger partial charge is 0.466 e. The molecule has 2 atom stereocenters. The van der Waals surface area contributed by atoms with Crippen LogP contribution >= 0.6 is 0 Å². The summed E-state index contributed by atoms with van der Waals surface area (Å²) in [5, 5.41) is 0. The van der Waals surface area contributed by atoms with Gasteiger partial charge >= 0.3 is 5.97 Å². The van der Waals surface area contributed by atoms with E-state index in [9.17, 15) is 9.59 Å². The highest BCUT2D eigenvalue weighted by Gasteiger charge is 2.35. The highest BCUT2D eigenvalue weighted by Crippen LogP contribution is 2.34. The van der Waals surface area contributed by atoms with Gasteiger partial charge in [0.25, 0.3) is 0 Å². The monoisotopic (exact) mass is 278 g/mol. The maximum atomic E-state index is 11.9. The van der Waals surface area contributed by atoms with E-state index < -0.39 is 0 Å². The Kier molecular flexibility index (Phi) is 7.93. The fourth-order valence-electron chi connectivity index (χ4n) is 2.64. The summed E-state index contributed by atoms with van der Waals surface area (Å²) in [6.45, 7) is 6.15. The highest BCUT2D eigenvalue weighted by molar-refractivity contribution is 5.84. The molecule has 0 aromatic carbocycles. The first kappa shape index (κ1) is 16.7. The molecule has 1 aliphatic rings. The van der Waals surface area contributed by atoms with Crippen LogP contribution in [0.25, 0.3) is 0 Å². The molecule has 0 unspecified atom stereocenters. The molecule has 0 saturated heterocycles. The van der Waals surface area contributed by atoms with Gasteiger partial charge in [-0.15, -0.1) is 6.58 Å². The fourth-order valence-corrected chi connectivity index (χ4v) is 2.64. The van der Waals surface area contributed by atoms with Gasteiger partial charge in [0.2, 0.25) is 0 Å². The lowest BCUT2D eigenvalue weighted by molar-refractivity contribution is -0.145. The summed E-state index contributed by atoms with van der Waals surface area (Å²) in [5.41, 5.74) is 0. The molecule has 3 heteroatoms. The number of carbonyl (C=O) groups excluding carboxylic acids is 2. The van der Waals surface area contributed by atoms with Crippen LogP contribution < -0.4 is 0 Å². The van der Waals surface area contributed by atoms with Crippen molar-refractivity contribution < 1.29 is 14.3 Å². The van der Waals surface area contributed by atoms with Gasteiger partial charge in [-0.05, 0) is 38.0 Å². The highest BCUT2D eigenvalue weighted by atomic mass is 16.5. The quantitative estimate of drug-likeness (QED) is 0.365. The van der Waals surface area contributed by atoms with Crippen molar-refractivity contribution >= 4 is 11.8 Å². The first-order chi connectivity index (χ1) is 9.69. The second kappa shape index (κ2) is 9.51. The maximum Gasteiger partial charge on any atom is 0.306 e. The number of ketones is 1. The lowest BCUT2D eigenvalue weighted by atomic mass is 9.89. The normalized spacial score (nSPS) is 22.4. The number of hydrogen-bond acceptors (Lipinski definition) is 3. The van der Waals surface area contributed by atoms with Crippen LogP contribution in [0.5, 0.6) is 0 Å². The molecule has 0 aliphatic heterocycles. The lowest BCUT2D eigenvalue weighted by Crippen LogP contribution is -2.19. The zero-order valence-corrected chi connectivity index (χ0v) is 12.5. The smallest absolute Gasteiger partial charge is 0.306 e. The van der Waals surface area contributed by atoms with Gasteiger partial charge in [0.1, 0.15) is 5.78 Å². The van der Waals surface area contributed by atoms with Crippen LogP contribution in [0.3, 0.4) is 0 Å². The molecule has 3 nitrogen and oxygen atoms in total. The average Bonchev–Trinajstić information content (AvgIpc) is 2.77. The van der Waals surface area contributed by atoms with Crippen LogP contribution in [0.1, 0.15) is 51.9 Å². The van der Waals surface area contributed by atoms with Crippen LogP contribution in [0.4, 0.5) is 0 Å². The van der Waals surface area contributed by atoms with E-state index >= 15 is 0 Å². The van der Waals surface area contributed by atoms with E-state index in [1.54, 1.807) is 0 Å². The van der Waals surface area contributed by atoms with E-state index in [-0.39, 0.29) is 17.8 Å². The number of hydrogen-bond donors (Lipinski definition) is 0. The number of Topliss-reactive ketones (excluding diaryl/α,β-unsaturated/α-hetero) is 1. The second-order valence-corrected chi connectivity index (χ2v) is 5.34. The topological polar surface area (TPSA) is 43.4 Å². The molecule has 0 aromatic rings. The molecular weight excluding hydrogens is 252 g/mol. The molecule has 0 heterocycles. The minimum Gasteiger partial charge on any atom is -0.466 e. The van der Waals surface area contributed by atoms with Crippen LogP contribution in [-0.2, 0) is 14.3 Å². The summed E-state index contributed by atoms with van der Waals surface area (Å²) in [7, 11) is 0. The molecule has 20 heavy (non-hydrogen) atoms. The van der Waals surface area contributed by atoms with Gasteiger partial charge < -0.3 is 4.74 Å². The summed E-state index contributed by atoms with van der Waals surface area (Å²) >= 11 is 0. The van der Waals surface area contributed by atoms with E-state index in [2.05, 4.69) is 25.7 Å². The van der Waals surface area contributed by atoms with E-state index in [1.807, 2.05) is 6.08 Å². The molecule has 0 N–H and O–H groups in total. The minimum absolute atomic E-state index is 0.0125. The van der Waals surface area contributed by atoms with Crippen molar-refractivity contribution in [3.8, 4) is 0 Å². The summed E-state index contributed by atoms with van der Waals surface area (Å²) in [5.74, 6) is 0.308. The van der Waals surface area contributed by atoms with E-state index in [4.69, 9.17) is 4.74 Å². The van der Waals surface area contributed by atoms with Gasteiger partial charge in [-0.1, -0.05) is 25.2 Å². The third-order valence-electron chi connectivity index (χ3n) is 3.78. The SMILES string of the molecule is C=CCCCOC(=O)C[C@H]1CCC(=O)[C@@H]1C/C=C\CC. The predicted octanol–water partition coefficient (Wildman–Crippen LogP) is 3.84. The molecule has 0 amide bonds. The van der Waals surface area contributed by atoms with Crippen molar-refractivity contribution in [2.45, 2.75) is 51.9 Å². The van der Waals surface area contributed by atoms with Gasteiger partial charge in [-0.3, -0.25) is 9.59 Å². The average molecular weight is 278 g/mol. The Morgan fingerprint density at radius 1 is 1.45 bits per heavy atom.